The SMILES string of the molecule is O=C(O)CC1(O)CCN(c2ccc(C3CCC(O)NC3=O)cc2F)CC1. The molecule has 7 nitrogen and oxygen atoms in total. The number of aliphatic carboxylic acids is 1. The predicted octanol–water partition coefficient (Wildman–Crippen LogP) is 0.944. The lowest BCUT2D eigenvalue weighted by molar-refractivity contribution is -0.143. The maximum atomic E-state index is 14.6. The zero-order valence-electron chi connectivity index (χ0n) is 14.3. The smallest absolute Gasteiger partial charge is 0.306 e. The first kappa shape index (κ1) is 18.6. The van der Waals surface area contributed by atoms with E-state index in [1.807, 2.05) is 0 Å². The third-order valence-electron chi connectivity index (χ3n) is 5.24. The van der Waals surface area contributed by atoms with E-state index >= 15 is 0 Å². The number of carboxylic acids is 1. The second-order valence-corrected chi connectivity index (χ2v) is 7.15. The number of nitrogens with one attached hydrogen (secondary N) is 1. The number of carboxylic acid groups (broad SMARTS) is 1. The molecule has 2 saturated heterocycles. The number of benzene rings is 1. The fraction of sp³-hybridized carbons (Fsp3) is 0.556. The van der Waals surface area contributed by atoms with Crippen LogP contribution in [0.2, 0.25) is 0 Å². The van der Waals surface area contributed by atoms with Crippen LogP contribution in [0.15, 0.2) is 18.2 Å². The topological polar surface area (TPSA) is 110 Å². The van der Waals surface area contributed by atoms with E-state index in [0.717, 1.165) is 0 Å². The van der Waals surface area contributed by atoms with E-state index in [0.29, 0.717) is 37.2 Å². The minimum atomic E-state index is -1.25. The number of piperidine rings is 2. The van der Waals surface area contributed by atoms with Gasteiger partial charge in [-0.05, 0) is 43.4 Å². The summed E-state index contributed by atoms with van der Waals surface area (Å²) in [6.07, 6.45) is 0.226. The van der Waals surface area contributed by atoms with Crippen molar-refractivity contribution in [1.82, 2.24) is 5.32 Å². The molecule has 2 unspecified atom stereocenters. The molecule has 2 aliphatic rings. The Bertz CT molecular complexity index is 703. The average molecular weight is 366 g/mol. The molecule has 0 aromatic heterocycles. The Hall–Kier alpha value is -2.19. The minimum absolute atomic E-state index is 0.253. The van der Waals surface area contributed by atoms with Crippen LogP contribution in [0.5, 0.6) is 0 Å². The van der Waals surface area contributed by atoms with E-state index in [2.05, 4.69) is 5.32 Å². The van der Waals surface area contributed by atoms with Crippen LogP contribution < -0.4 is 10.2 Å². The Labute approximate surface area is 150 Å². The van der Waals surface area contributed by atoms with E-state index < -0.39 is 29.5 Å². The third-order valence-corrected chi connectivity index (χ3v) is 5.24. The summed E-state index contributed by atoms with van der Waals surface area (Å²) in [6, 6.07) is 4.66. The van der Waals surface area contributed by atoms with Crippen LogP contribution in [0.1, 0.15) is 43.6 Å². The van der Waals surface area contributed by atoms with Crippen molar-refractivity contribution in [1.29, 1.82) is 0 Å². The maximum absolute atomic E-state index is 14.6. The van der Waals surface area contributed by atoms with Gasteiger partial charge in [0.05, 0.1) is 23.6 Å². The zero-order chi connectivity index (χ0) is 18.9. The molecule has 0 aliphatic carbocycles. The highest BCUT2D eigenvalue weighted by atomic mass is 19.1. The first-order valence-electron chi connectivity index (χ1n) is 8.74. The third kappa shape index (κ3) is 3.96. The number of carbonyl (C=O) groups excluding carboxylic acids is 1. The predicted molar refractivity (Wildman–Crippen MR) is 91.2 cm³/mol. The summed E-state index contributed by atoms with van der Waals surface area (Å²) < 4.78 is 14.6. The van der Waals surface area contributed by atoms with Crippen molar-refractivity contribution in [2.45, 2.75) is 49.9 Å². The van der Waals surface area contributed by atoms with Crippen LogP contribution in [0.4, 0.5) is 10.1 Å². The number of halogens is 1. The average Bonchev–Trinajstić information content (AvgIpc) is 2.55. The van der Waals surface area contributed by atoms with Crippen LogP contribution in [0, 0.1) is 5.82 Å². The molecule has 2 fully saturated rings. The standard InChI is InChI=1S/C18H23FN2O5/c19-13-9-11(12-2-4-15(22)20-17(12)25)1-3-14(13)21-7-5-18(26,6-8-21)10-16(23)24/h1,3,9,12,15,22,26H,2,4-8,10H2,(H,20,25)(H,23,24). The van der Waals surface area contributed by atoms with Crippen molar-refractivity contribution >= 4 is 17.6 Å². The molecule has 1 amide bonds. The lowest BCUT2D eigenvalue weighted by atomic mass is 9.87. The van der Waals surface area contributed by atoms with E-state index in [-0.39, 0.29) is 25.2 Å². The van der Waals surface area contributed by atoms with Gasteiger partial charge < -0.3 is 25.5 Å². The number of hydrogen-bond acceptors (Lipinski definition) is 5. The summed E-state index contributed by atoms with van der Waals surface area (Å²) in [5.74, 6) is -2.30. The van der Waals surface area contributed by atoms with Gasteiger partial charge in [-0.2, -0.15) is 0 Å². The molecule has 2 heterocycles. The zero-order valence-corrected chi connectivity index (χ0v) is 14.3. The van der Waals surface area contributed by atoms with Crippen LogP contribution in [-0.2, 0) is 9.59 Å². The Balaban J connectivity index is 1.69. The lowest BCUT2D eigenvalue weighted by Crippen LogP contribution is -2.46. The summed E-state index contributed by atoms with van der Waals surface area (Å²) in [5, 5.41) is 31.0. The Kier molecular flexibility index (Phi) is 5.15. The fourth-order valence-electron chi connectivity index (χ4n) is 3.73. The quantitative estimate of drug-likeness (QED) is 0.631. The number of amides is 1. The number of aliphatic hydroxyl groups is 2. The number of hydrogen-bond donors (Lipinski definition) is 4. The van der Waals surface area contributed by atoms with Gasteiger partial charge in [-0.15, -0.1) is 0 Å². The molecular formula is C18H23FN2O5. The second kappa shape index (κ2) is 7.20. The summed E-state index contributed by atoms with van der Waals surface area (Å²) in [5.41, 5.74) is -0.308. The molecule has 0 bridgehead atoms. The first-order valence-corrected chi connectivity index (χ1v) is 8.74. The monoisotopic (exact) mass is 366 g/mol. The molecule has 1 aromatic rings. The molecule has 0 radical (unpaired) electrons. The van der Waals surface area contributed by atoms with E-state index in [9.17, 15) is 24.2 Å². The van der Waals surface area contributed by atoms with Crippen molar-refractivity contribution in [3.63, 3.8) is 0 Å². The van der Waals surface area contributed by atoms with Gasteiger partial charge in [-0.3, -0.25) is 9.59 Å². The molecule has 3 rings (SSSR count). The molecule has 1 aromatic carbocycles. The van der Waals surface area contributed by atoms with Gasteiger partial charge in [0.2, 0.25) is 5.91 Å². The van der Waals surface area contributed by atoms with E-state index in [1.165, 1.54) is 6.07 Å². The second-order valence-electron chi connectivity index (χ2n) is 7.15. The van der Waals surface area contributed by atoms with E-state index in [1.54, 1.807) is 17.0 Å². The summed E-state index contributed by atoms with van der Waals surface area (Å²) in [7, 11) is 0. The maximum Gasteiger partial charge on any atom is 0.306 e. The summed E-state index contributed by atoms with van der Waals surface area (Å²) in [4.78, 5) is 24.6. The number of nitrogens with zero attached hydrogens (tertiary/aromatic N) is 1. The minimum Gasteiger partial charge on any atom is -0.481 e. The number of aliphatic hydroxyl groups excluding tert-OH is 1. The van der Waals surface area contributed by atoms with Crippen molar-refractivity contribution in [2.75, 3.05) is 18.0 Å². The van der Waals surface area contributed by atoms with Crippen LogP contribution >= 0.6 is 0 Å². The van der Waals surface area contributed by atoms with E-state index in [4.69, 9.17) is 5.11 Å². The highest BCUT2D eigenvalue weighted by Crippen LogP contribution is 2.33. The van der Waals surface area contributed by atoms with Crippen LogP contribution in [-0.4, -0.2) is 52.1 Å². The van der Waals surface area contributed by atoms with Gasteiger partial charge in [-0.25, -0.2) is 4.39 Å². The van der Waals surface area contributed by atoms with Crippen LogP contribution in [0.25, 0.3) is 0 Å². The van der Waals surface area contributed by atoms with Gasteiger partial charge in [0.25, 0.3) is 0 Å². The Morgan fingerprint density at radius 3 is 2.58 bits per heavy atom. The highest BCUT2D eigenvalue weighted by molar-refractivity contribution is 5.84. The normalized spacial score (nSPS) is 25.7. The van der Waals surface area contributed by atoms with Gasteiger partial charge in [-0.1, -0.05) is 6.07 Å². The van der Waals surface area contributed by atoms with Crippen molar-refractivity contribution < 1.29 is 29.3 Å². The molecule has 2 aliphatic heterocycles. The number of anilines is 1. The number of carbonyl (C=O) groups is 2. The van der Waals surface area contributed by atoms with Crippen LogP contribution in [0.3, 0.4) is 0 Å². The number of rotatable bonds is 4. The fourth-order valence-corrected chi connectivity index (χ4v) is 3.73. The van der Waals surface area contributed by atoms with Gasteiger partial charge in [0, 0.05) is 13.1 Å². The first-order chi connectivity index (χ1) is 12.3. The van der Waals surface area contributed by atoms with Crippen molar-refractivity contribution in [3.8, 4) is 0 Å². The molecular weight excluding hydrogens is 343 g/mol. The van der Waals surface area contributed by atoms with Gasteiger partial charge in [0.1, 0.15) is 12.0 Å². The molecule has 2 atom stereocenters. The molecule has 0 spiro atoms. The van der Waals surface area contributed by atoms with Gasteiger partial charge in [0.15, 0.2) is 0 Å². The summed E-state index contributed by atoms with van der Waals surface area (Å²) >= 11 is 0. The van der Waals surface area contributed by atoms with Gasteiger partial charge >= 0.3 is 5.97 Å². The lowest BCUT2D eigenvalue weighted by Gasteiger charge is -2.38. The molecule has 26 heavy (non-hydrogen) atoms. The molecule has 142 valence electrons. The molecule has 8 heteroatoms. The van der Waals surface area contributed by atoms with Crippen molar-refractivity contribution in [2.24, 2.45) is 0 Å². The highest BCUT2D eigenvalue weighted by Gasteiger charge is 2.35. The Morgan fingerprint density at radius 1 is 1.31 bits per heavy atom. The molecule has 0 saturated carbocycles. The largest absolute Gasteiger partial charge is 0.481 e. The molecule has 4 N–H and O–H groups in total. The summed E-state index contributed by atoms with van der Waals surface area (Å²) in [6.45, 7) is 0.715. The Morgan fingerprint density at radius 2 is 2.00 bits per heavy atom. The van der Waals surface area contributed by atoms with Crippen molar-refractivity contribution in [3.05, 3.63) is 29.6 Å².